The summed E-state index contributed by atoms with van der Waals surface area (Å²) >= 11 is 6.32. The molecular formula is C19H24ClN3O3. The Balaban J connectivity index is 1.83. The number of piperidine rings is 1. The van der Waals surface area contributed by atoms with Gasteiger partial charge in [0.25, 0.3) is 5.91 Å². The predicted molar refractivity (Wildman–Crippen MR) is 99.0 cm³/mol. The van der Waals surface area contributed by atoms with Gasteiger partial charge in [0.2, 0.25) is 11.8 Å². The van der Waals surface area contributed by atoms with Crippen LogP contribution in [0.25, 0.3) is 0 Å². The van der Waals surface area contributed by atoms with Crippen molar-refractivity contribution in [2.45, 2.75) is 25.8 Å². The molecule has 0 spiro atoms. The van der Waals surface area contributed by atoms with Gasteiger partial charge in [-0.15, -0.1) is 0 Å². The van der Waals surface area contributed by atoms with Crippen LogP contribution in [0, 0.1) is 12.8 Å². The third kappa shape index (κ3) is 3.43. The molecule has 2 atom stereocenters. The molecule has 3 aliphatic rings. The van der Waals surface area contributed by atoms with Crippen molar-refractivity contribution in [2.75, 3.05) is 33.7 Å². The van der Waals surface area contributed by atoms with Crippen molar-refractivity contribution >= 4 is 29.3 Å². The fourth-order valence-corrected chi connectivity index (χ4v) is 3.89. The Kier molecular flexibility index (Phi) is 5.23. The van der Waals surface area contributed by atoms with Crippen LogP contribution >= 0.6 is 11.6 Å². The minimum absolute atomic E-state index is 0.0258. The molecule has 0 aliphatic carbocycles. The summed E-state index contributed by atoms with van der Waals surface area (Å²) in [5.41, 5.74) is 1.32. The van der Waals surface area contributed by atoms with E-state index in [1.165, 1.54) is 4.90 Å². The van der Waals surface area contributed by atoms with Gasteiger partial charge in [0.1, 0.15) is 6.54 Å². The van der Waals surface area contributed by atoms with E-state index in [-0.39, 0.29) is 36.2 Å². The highest BCUT2D eigenvalue weighted by atomic mass is 35.5. The van der Waals surface area contributed by atoms with Crippen LogP contribution < -0.4 is 0 Å². The zero-order valence-corrected chi connectivity index (χ0v) is 16.1. The third-order valence-electron chi connectivity index (χ3n) is 5.31. The zero-order valence-electron chi connectivity index (χ0n) is 15.4. The molecule has 3 aliphatic heterocycles. The summed E-state index contributed by atoms with van der Waals surface area (Å²) in [6, 6.07) is 5.27. The summed E-state index contributed by atoms with van der Waals surface area (Å²) in [4.78, 5) is 42.8. The second-order valence-electron chi connectivity index (χ2n) is 7.33. The number of likely N-dealkylation sites (N-methyl/N-ethyl adjacent to an activating group) is 1. The summed E-state index contributed by atoms with van der Waals surface area (Å²) in [5, 5.41) is 0.458. The van der Waals surface area contributed by atoms with Crippen LogP contribution in [0.3, 0.4) is 0 Å². The lowest BCUT2D eigenvalue weighted by molar-refractivity contribution is -0.145. The number of halogens is 1. The Labute approximate surface area is 158 Å². The molecule has 3 fully saturated rings. The molecule has 7 heteroatoms. The average Bonchev–Trinajstić information content (AvgIpc) is 2.89. The number of fused-ring (bicyclic) bond motifs is 4. The highest BCUT2D eigenvalue weighted by Gasteiger charge is 2.42. The number of carbonyl (C=O) groups excluding carboxylic acids is 3. The molecule has 6 nitrogen and oxygen atoms in total. The van der Waals surface area contributed by atoms with E-state index in [0.717, 1.165) is 18.4 Å². The van der Waals surface area contributed by atoms with Crippen LogP contribution in [0.5, 0.6) is 0 Å². The molecule has 1 aromatic carbocycles. The molecule has 3 saturated heterocycles. The molecule has 26 heavy (non-hydrogen) atoms. The van der Waals surface area contributed by atoms with Gasteiger partial charge < -0.3 is 14.7 Å². The summed E-state index contributed by atoms with van der Waals surface area (Å²) in [6.07, 6.45) is 1.56. The van der Waals surface area contributed by atoms with Gasteiger partial charge >= 0.3 is 0 Å². The maximum atomic E-state index is 13.0. The van der Waals surface area contributed by atoms with Gasteiger partial charge in [0.15, 0.2) is 0 Å². The largest absolute Gasteiger partial charge is 0.347 e. The minimum Gasteiger partial charge on any atom is -0.347 e. The van der Waals surface area contributed by atoms with Crippen molar-refractivity contribution in [2.24, 2.45) is 5.92 Å². The molecular weight excluding hydrogens is 354 g/mol. The lowest BCUT2D eigenvalue weighted by Gasteiger charge is -2.35. The van der Waals surface area contributed by atoms with Gasteiger partial charge in [-0.05, 0) is 31.4 Å². The van der Waals surface area contributed by atoms with Gasteiger partial charge in [0.05, 0.1) is 16.5 Å². The van der Waals surface area contributed by atoms with Crippen molar-refractivity contribution < 1.29 is 14.4 Å². The van der Waals surface area contributed by atoms with Crippen molar-refractivity contribution in [3.63, 3.8) is 0 Å². The van der Waals surface area contributed by atoms with Gasteiger partial charge in [-0.2, -0.15) is 0 Å². The second-order valence-corrected chi connectivity index (χ2v) is 7.71. The fourth-order valence-electron chi connectivity index (χ4n) is 3.68. The molecule has 1 aromatic rings. The van der Waals surface area contributed by atoms with Crippen molar-refractivity contribution in [1.82, 2.24) is 14.7 Å². The average molecular weight is 378 g/mol. The Morgan fingerprint density at radius 2 is 1.96 bits per heavy atom. The maximum absolute atomic E-state index is 13.0. The number of carbonyl (C=O) groups is 3. The van der Waals surface area contributed by atoms with Crippen molar-refractivity contribution in [3.05, 3.63) is 34.3 Å². The van der Waals surface area contributed by atoms with Crippen LogP contribution in [0.2, 0.25) is 5.02 Å². The number of rotatable bonds is 3. The monoisotopic (exact) mass is 377 g/mol. The molecule has 140 valence electrons. The van der Waals surface area contributed by atoms with Crippen LogP contribution in [0.15, 0.2) is 18.2 Å². The topological polar surface area (TPSA) is 60.9 Å². The number of nitrogens with zero attached hydrogens (tertiary/aromatic N) is 3. The zero-order chi connectivity index (χ0) is 19.0. The molecule has 0 saturated carbocycles. The van der Waals surface area contributed by atoms with E-state index in [0.29, 0.717) is 23.7 Å². The highest BCUT2D eigenvalue weighted by molar-refractivity contribution is 6.34. The second kappa shape index (κ2) is 7.27. The molecule has 0 radical (unpaired) electrons. The Morgan fingerprint density at radius 1 is 1.23 bits per heavy atom. The SMILES string of the molecule is Cc1cccc(C(=O)N2C[C@@H]3CC[C@H](C2)N(CC(=O)N(C)C)C3=O)c1Cl. The Morgan fingerprint density at radius 3 is 2.65 bits per heavy atom. The fraction of sp³-hybridized carbons (Fsp3) is 0.526. The van der Waals surface area contributed by atoms with E-state index < -0.39 is 0 Å². The normalized spacial score (nSPS) is 22.4. The quantitative estimate of drug-likeness (QED) is 0.807. The van der Waals surface area contributed by atoms with Crippen LogP contribution in [-0.4, -0.2) is 72.2 Å². The number of amides is 3. The maximum Gasteiger partial charge on any atom is 0.255 e. The molecule has 0 unspecified atom stereocenters. The first-order valence-electron chi connectivity index (χ1n) is 8.84. The van der Waals surface area contributed by atoms with Gasteiger partial charge in [0, 0.05) is 33.2 Å². The lowest BCUT2D eigenvalue weighted by atomic mass is 9.94. The number of benzene rings is 1. The molecule has 3 heterocycles. The standard InChI is InChI=1S/C19H24ClN3O3/c1-12-5-4-6-15(17(12)20)19(26)22-9-13-7-8-14(10-22)23(18(13)25)11-16(24)21(2)3/h4-6,13-14H,7-11H2,1-3H3/t13-,14+/m0/s1. The van der Waals surface area contributed by atoms with Gasteiger partial charge in [-0.25, -0.2) is 0 Å². The van der Waals surface area contributed by atoms with E-state index in [9.17, 15) is 14.4 Å². The van der Waals surface area contributed by atoms with Crippen molar-refractivity contribution in [3.8, 4) is 0 Å². The first-order valence-corrected chi connectivity index (χ1v) is 9.22. The van der Waals surface area contributed by atoms with E-state index in [1.807, 2.05) is 19.1 Å². The third-order valence-corrected chi connectivity index (χ3v) is 5.81. The van der Waals surface area contributed by atoms with E-state index >= 15 is 0 Å². The summed E-state index contributed by atoms with van der Waals surface area (Å²) in [6.45, 7) is 2.75. The van der Waals surface area contributed by atoms with Gasteiger partial charge in [-0.1, -0.05) is 23.7 Å². The van der Waals surface area contributed by atoms with Crippen LogP contribution in [0.4, 0.5) is 0 Å². The molecule has 0 aromatic heterocycles. The van der Waals surface area contributed by atoms with E-state index in [2.05, 4.69) is 0 Å². The smallest absolute Gasteiger partial charge is 0.255 e. The van der Waals surface area contributed by atoms with Crippen LogP contribution in [-0.2, 0) is 9.59 Å². The Bertz CT molecular complexity index is 750. The van der Waals surface area contributed by atoms with E-state index in [1.54, 1.807) is 30.0 Å². The molecule has 4 rings (SSSR count). The first-order chi connectivity index (χ1) is 12.3. The first kappa shape index (κ1) is 18.7. The summed E-state index contributed by atoms with van der Waals surface area (Å²) < 4.78 is 0. The number of aryl methyl sites for hydroxylation is 1. The molecule has 2 bridgehead atoms. The Hall–Kier alpha value is -2.08. The summed E-state index contributed by atoms with van der Waals surface area (Å²) in [7, 11) is 3.36. The highest BCUT2D eigenvalue weighted by Crippen LogP contribution is 2.31. The molecule has 3 amide bonds. The van der Waals surface area contributed by atoms with Crippen molar-refractivity contribution in [1.29, 1.82) is 0 Å². The number of hydrogen-bond acceptors (Lipinski definition) is 3. The minimum atomic E-state index is -0.253. The predicted octanol–water partition coefficient (Wildman–Crippen LogP) is 1.80. The number of hydrogen-bond donors (Lipinski definition) is 0. The lowest BCUT2D eigenvalue weighted by Crippen LogP contribution is -2.51. The van der Waals surface area contributed by atoms with Gasteiger partial charge in [-0.3, -0.25) is 14.4 Å². The molecule has 0 N–H and O–H groups in total. The van der Waals surface area contributed by atoms with E-state index in [4.69, 9.17) is 11.6 Å². The summed E-state index contributed by atoms with van der Waals surface area (Å²) in [5.74, 6) is -0.534. The van der Waals surface area contributed by atoms with Crippen LogP contribution in [0.1, 0.15) is 28.8 Å².